The monoisotopic (exact) mass is 460 g/mol. The molecule has 7 nitrogen and oxygen atoms in total. The third-order valence-corrected chi connectivity index (χ3v) is 7.40. The molecule has 3 aromatic rings. The zero-order chi connectivity index (χ0) is 22.8. The number of carbonyl (C=O) groups excluding carboxylic acids is 3. The van der Waals surface area contributed by atoms with Gasteiger partial charge < -0.3 is 5.32 Å². The van der Waals surface area contributed by atoms with Gasteiger partial charge in [0.05, 0.1) is 23.4 Å². The molecule has 1 aliphatic carbocycles. The first-order valence-electron chi connectivity index (χ1n) is 11.2. The van der Waals surface area contributed by atoms with Gasteiger partial charge in [-0.1, -0.05) is 25.0 Å². The number of imide groups is 1. The molecule has 5 rings (SSSR count). The maximum Gasteiger partial charge on any atom is 0.261 e. The number of fused-ring (bicyclic) bond motifs is 1. The zero-order valence-corrected chi connectivity index (χ0v) is 18.9. The van der Waals surface area contributed by atoms with Crippen molar-refractivity contribution in [3.8, 4) is 10.6 Å². The Bertz CT molecular complexity index is 1160. The van der Waals surface area contributed by atoms with E-state index in [-0.39, 0.29) is 36.1 Å². The Morgan fingerprint density at radius 3 is 2.45 bits per heavy atom. The van der Waals surface area contributed by atoms with Gasteiger partial charge in [-0.25, -0.2) is 4.98 Å². The van der Waals surface area contributed by atoms with Crippen molar-refractivity contribution in [2.75, 3.05) is 6.54 Å². The molecule has 0 bridgehead atoms. The third-order valence-electron chi connectivity index (χ3n) is 6.46. The van der Waals surface area contributed by atoms with Crippen molar-refractivity contribution >= 4 is 29.1 Å². The summed E-state index contributed by atoms with van der Waals surface area (Å²) in [4.78, 5) is 48.6. The van der Waals surface area contributed by atoms with E-state index < -0.39 is 0 Å². The molecule has 3 amide bonds. The van der Waals surface area contributed by atoms with Gasteiger partial charge in [-0.15, -0.1) is 11.3 Å². The number of nitrogens with one attached hydrogen (secondary N) is 1. The predicted molar refractivity (Wildman–Crippen MR) is 124 cm³/mol. The van der Waals surface area contributed by atoms with Gasteiger partial charge in [-0.05, 0) is 43.0 Å². The first-order chi connectivity index (χ1) is 16.1. The topological polar surface area (TPSA) is 92.3 Å². The van der Waals surface area contributed by atoms with Gasteiger partial charge in [-0.2, -0.15) is 0 Å². The van der Waals surface area contributed by atoms with Crippen molar-refractivity contribution < 1.29 is 14.4 Å². The fourth-order valence-electron chi connectivity index (χ4n) is 4.73. The van der Waals surface area contributed by atoms with Crippen LogP contribution in [-0.4, -0.2) is 39.1 Å². The molecule has 0 radical (unpaired) electrons. The smallest absolute Gasteiger partial charge is 0.261 e. The average Bonchev–Trinajstić information content (AvgIpc) is 3.43. The summed E-state index contributed by atoms with van der Waals surface area (Å²) in [6, 6.07) is 10.7. The van der Waals surface area contributed by atoms with Crippen molar-refractivity contribution in [3.05, 3.63) is 71.0 Å². The highest BCUT2D eigenvalue weighted by Crippen LogP contribution is 2.33. The zero-order valence-electron chi connectivity index (χ0n) is 18.1. The summed E-state index contributed by atoms with van der Waals surface area (Å²) in [5.41, 5.74) is 2.72. The number of thiazole rings is 1. The number of carbonyl (C=O) groups is 3. The Morgan fingerprint density at radius 2 is 1.73 bits per heavy atom. The maximum atomic E-state index is 13.1. The number of rotatable bonds is 6. The molecular formula is C25H24N4O3S. The molecule has 8 heteroatoms. The van der Waals surface area contributed by atoms with Crippen molar-refractivity contribution in [1.29, 1.82) is 0 Å². The van der Waals surface area contributed by atoms with Crippen LogP contribution in [0.3, 0.4) is 0 Å². The highest BCUT2D eigenvalue weighted by molar-refractivity contribution is 7.13. The van der Waals surface area contributed by atoms with E-state index in [1.807, 2.05) is 17.5 Å². The number of pyridine rings is 1. The second kappa shape index (κ2) is 9.23. The number of benzene rings is 1. The molecular weight excluding hydrogens is 436 g/mol. The highest BCUT2D eigenvalue weighted by atomic mass is 32.1. The first-order valence-corrected chi connectivity index (χ1v) is 12.1. The minimum absolute atomic E-state index is 0.0326. The second-order valence-electron chi connectivity index (χ2n) is 8.52. The SMILES string of the molecule is O=C(NCc1csc(-c2ccncc2)n1)C1CCCCC1CN1C(=O)c2ccccc2C1=O. The minimum Gasteiger partial charge on any atom is -0.350 e. The van der Waals surface area contributed by atoms with Crippen molar-refractivity contribution in [1.82, 2.24) is 20.2 Å². The quantitative estimate of drug-likeness (QED) is 0.563. The molecule has 1 N–H and O–H groups in total. The summed E-state index contributed by atoms with van der Waals surface area (Å²) in [6.07, 6.45) is 7.03. The maximum absolute atomic E-state index is 13.1. The summed E-state index contributed by atoms with van der Waals surface area (Å²) >= 11 is 1.53. The van der Waals surface area contributed by atoms with Crippen LogP contribution in [0.5, 0.6) is 0 Å². The Hall–Kier alpha value is -3.39. The molecule has 1 aliphatic heterocycles. The van der Waals surface area contributed by atoms with Crippen LogP contribution in [0.4, 0.5) is 0 Å². The summed E-state index contributed by atoms with van der Waals surface area (Å²) in [5, 5.41) is 5.88. The van der Waals surface area contributed by atoms with E-state index in [1.54, 1.807) is 36.7 Å². The van der Waals surface area contributed by atoms with Crippen molar-refractivity contribution in [2.45, 2.75) is 32.2 Å². The first kappa shape index (κ1) is 21.5. The molecule has 3 heterocycles. The molecule has 2 unspecified atom stereocenters. The number of hydrogen-bond acceptors (Lipinski definition) is 6. The minimum atomic E-state index is -0.258. The fourth-order valence-corrected chi connectivity index (χ4v) is 5.56. The van der Waals surface area contributed by atoms with E-state index in [9.17, 15) is 14.4 Å². The molecule has 2 aliphatic rings. The second-order valence-corrected chi connectivity index (χ2v) is 9.37. The molecule has 0 saturated heterocycles. The Morgan fingerprint density at radius 1 is 1.03 bits per heavy atom. The summed E-state index contributed by atoms with van der Waals surface area (Å²) in [7, 11) is 0. The Kier molecular flexibility index (Phi) is 6.00. The van der Waals surface area contributed by atoms with E-state index in [2.05, 4.69) is 15.3 Å². The van der Waals surface area contributed by atoms with E-state index in [1.165, 1.54) is 16.2 Å². The number of hydrogen-bond donors (Lipinski definition) is 1. The number of nitrogens with zero attached hydrogens (tertiary/aromatic N) is 3. The van der Waals surface area contributed by atoms with Crippen LogP contribution in [-0.2, 0) is 11.3 Å². The van der Waals surface area contributed by atoms with Gasteiger partial charge in [0.15, 0.2) is 0 Å². The van der Waals surface area contributed by atoms with Crippen LogP contribution in [0.2, 0.25) is 0 Å². The molecule has 33 heavy (non-hydrogen) atoms. The number of amides is 3. The van der Waals surface area contributed by atoms with Crippen LogP contribution in [0.25, 0.3) is 10.6 Å². The lowest BCUT2D eigenvalue weighted by atomic mass is 9.78. The fraction of sp³-hybridized carbons (Fsp3) is 0.320. The Labute approximate surface area is 195 Å². The van der Waals surface area contributed by atoms with E-state index in [0.717, 1.165) is 41.9 Å². The highest BCUT2D eigenvalue weighted by Gasteiger charge is 2.39. The van der Waals surface area contributed by atoms with E-state index in [4.69, 9.17) is 0 Å². The molecule has 0 spiro atoms. The van der Waals surface area contributed by atoms with Crippen molar-refractivity contribution in [3.63, 3.8) is 0 Å². The standard InChI is InChI=1S/C25H24N4O3S/c30-22(27-13-18-15-33-23(28-18)16-9-11-26-12-10-16)19-6-2-1-5-17(19)14-29-24(31)20-7-3-4-8-21(20)25(29)32/h3-4,7-12,15,17,19H,1-2,5-6,13-14H2,(H,27,30). The molecule has 1 fully saturated rings. The van der Waals surface area contributed by atoms with Crippen LogP contribution in [0.1, 0.15) is 52.1 Å². The van der Waals surface area contributed by atoms with Gasteiger partial charge >= 0.3 is 0 Å². The van der Waals surface area contributed by atoms with Crippen LogP contribution in [0, 0.1) is 11.8 Å². The van der Waals surface area contributed by atoms with Crippen LogP contribution in [0.15, 0.2) is 54.2 Å². The lowest BCUT2D eigenvalue weighted by molar-refractivity contribution is -0.128. The molecule has 1 saturated carbocycles. The van der Waals surface area contributed by atoms with Gasteiger partial charge in [0.25, 0.3) is 11.8 Å². The van der Waals surface area contributed by atoms with Crippen molar-refractivity contribution in [2.24, 2.45) is 11.8 Å². The Balaban J connectivity index is 1.23. The van der Waals surface area contributed by atoms with Gasteiger partial charge in [0.1, 0.15) is 5.01 Å². The normalized spacial score (nSPS) is 20.1. The van der Waals surface area contributed by atoms with E-state index in [0.29, 0.717) is 17.7 Å². The largest absolute Gasteiger partial charge is 0.350 e. The molecule has 168 valence electrons. The summed E-state index contributed by atoms with van der Waals surface area (Å²) in [6.45, 7) is 0.643. The summed E-state index contributed by atoms with van der Waals surface area (Å²) < 4.78 is 0. The lowest BCUT2D eigenvalue weighted by Crippen LogP contribution is -2.43. The van der Waals surface area contributed by atoms with Gasteiger partial charge in [0, 0.05) is 35.8 Å². The summed E-state index contributed by atoms with van der Waals surface area (Å²) in [5.74, 6) is -0.808. The lowest BCUT2D eigenvalue weighted by Gasteiger charge is -2.32. The van der Waals surface area contributed by atoms with E-state index >= 15 is 0 Å². The van der Waals surface area contributed by atoms with Crippen LogP contribution < -0.4 is 5.32 Å². The van der Waals surface area contributed by atoms with Gasteiger partial charge in [-0.3, -0.25) is 24.3 Å². The predicted octanol–water partition coefficient (Wildman–Crippen LogP) is 3.92. The third kappa shape index (κ3) is 4.30. The number of aromatic nitrogens is 2. The average molecular weight is 461 g/mol. The van der Waals surface area contributed by atoms with Crippen LogP contribution >= 0.6 is 11.3 Å². The molecule has 1 aromatic carbocycles. The molecule has 2 aromatic heterocycles. The molecule has 2 atom stereocenters. The van der Waals surface area contributed by atoms with Gasteiger partial charge in [0.2, 0.25) is 5.91 Å².